The lowest BCUT2D eigenvalue weighted by Gasteiger charge is -2.11. The molecular weight excluding hydrogens is 290 g/mol. The van der Waals surface area contributed by atoms with Gasteiger partial charge in [0, 0.05) is 6.42 Å². The number of carbonyl (C=O) groups is 1. The highest BCUT2D eigenvalue weighted by molar-refractivity contribution is 6.70. The van der Waals surface area contributed by atoms with Crippen molar-refractivity contribution in [1.29, 1.82) is 5.41 Å². The largest absolute Gasteiger partial charge is 0.497 e. The first-order valence-corrected chi connectivity index (χ1v) is 7.29. The summed E-state index contributed by atoms with van der Waals surface area (Å²) in [5.74, 6) is 0.350. The molecule has 0 saturated heterocycles. The molecule has 1 heterocycles. The van der Waals surface area contributed by atoms with Crippen LogP contribution in [0.3, 0.4) is 0 Å². The molecule has 2 aromatic carbocycles. The Morgan fingerprint density at radius 3 is 2.70 bits per heavy atom. The molecule has 1 amide bonds. The van der Waals surface area contributed by atoms with Crippen LogP contribution in [0.25, 0.3) is 0 Å². The quantitative estimate of drug-likeness (QED) is 0.943. The number of carbonyl (C=O) groups excluding carboxylic acids is 1. The number of nitrogens with one attached hydrogen (secondary N) is 1. The molecule has 3 rings (SSSR count). The van der Waals surface area contributed by atoms with Crippen LogP contribution in [-0.4, -0.2) is 24.4 Å². The van der Waals surface area contributed by atoms with E-state index in [2.05, 4.69) is 5.10 Å². The maximum atomic E-state index is 12.3. The first-order chi connectivity index (χ1) is 11.1. The normalized spacial score (nSPS) is 14.2. The summed E-state index contributed by atoms with van der Waals surface area (Å²) in [6.45, 7) is 1.95. The predicted octanol–water partition coefficient (Wildman–Crippen LogP) is 2.97. The van der Waals surface area contributed by atoms with E-state index in [1.54, 1.807) is 7.11 Å². The van der Waals surface area contributed by atoms with E-state index in [0.717, 1.165) is 16.9 Å². The van der Waals surface area contributed by atoms with Crippen LogP contribution in [0.2, 0.25) is 0 Å². The van der Waals surface area contributed by atoms with Crippen LogP contribution in [0.4, 0.5) is 5.69 Å². The molecule has 0 radical (unpaired) electrons. The van der Waals surface area contributed by atoms with Gasteiger partial charge < -0.3 is 4.74 Å². The van der Waals surface area contributed by atoms with Gasteiger partial charge in [0.15, 0.2) is 0 Å². The maximum absolute atomic E-state index is 12.3. The minimum absolute atomic E-state index is 0.0608. The second-order valence-corrected chi connectivity index (χ2v) is 5.41. The first-order valence-electron chi connectivity index (χ1n) is 7.29. The Morgan fingerprint density at radius 2 is 1.96 bits per heavy atom. The van der Waals surface area contributed by atoms with E-state index in [1.165, 1.54) is 5.01 Å². The van der Waals surface area contributed by atoms with Gasteiger partial charge in [0.05, 0.1) is 18.5 Å². The van der Waals surface area contributed by atoms with Crippen LogP contribution < -0.4 is 9.75 Å². The Balaban J connectivity index is 1.88. The van der Waals surface area contributed by atoms with Gasteiger partial charge in [0.1, 0.15) is 11.5 Å². The Morgan fingerprint density at radius 1 is 1.17 bits per heavy atom. The number of amides is 1. The van der Waals surface area contributed by atoms with Crippen molar-refractivity contribution in [2.24, 2.45) is 5.10 Å². The predicted molar refractivity (Wildman–Crippen MR) is 90.5 cm³/mol. The Hall–Kier alpha value is -2.95. The summed E-state index contributed by atoms with van der Waals surface area (Å²) < 4.78 is 5.20. The van der Waals surface area contributed by atoms with Gasteiger partial charge in [-0.2, -0.15) is 10.1 Å². The average molecular weight is 307 g/mol. The summed E-state index contributed by atoms with van der Waals surface area (Å²) in [6, 6.07) is 15.1. The van der Waals surface area contributed by atoms with E-state index in [0.29, 0.717) is 17.8 Å². The Bertz CT molecular complexity index is 811. The van der Waals surface area contributed by atoms with Gasteiger partial charge in [-0.3, -0.25) is 10.2 Å². The van der Waals surface area contributed by atoms with Crippen molar-refractivity contribution in [2.45, 2.75) is 13.3 Å². The van der Waals surface area contributed by atoms with Gasteiger partial charge in [-0.25, -0.2) is 0 Å². The molecule has 0 bridgehead atoms. The van der Waals surface area contributed by atoms with E-state index in [-0.39, 0.29) is 5.71 Å². The Kier molecular flexibility index (Phi) is 3.93. The fraction of sp³-hybridized carbons (Fsp3) is 0.167. The number of hydrazone groups is 1. The fourth-order valence-electron chi connectivity index (χ4n) is 2.48. The van der Waals surface area contributed by atoms with Gasteiger partial charge in [-0.05, 0) is 42.3 Å². The standard InChI is InChI=1S/C18H17N3O2/c1-12-5-3-7-14(9-12)21-18(22)17(19)16(20-21)11-13-6-4-8-15(10-13)23-2/h3-10,19H,11H2,1-2H3. The number of methoxy groups -OCH3 is 1. The van der Waals surface area contributed by atoms with Crippen LogP contribution in [0.15, 0.2) is 53.6 Å². The third-order valence-corrected chi connectivity index (χ3v) is 3.67. The fourth-order valence-corrected chi connectivity index (χ4v) is 2.48. The molecule has 0 aliphatic carbocycles. The van der Waals surface area contributed by atoms with E-state index in [4.69, 9.17) is 10.1 Å². The number of benzene rings is 2. The minimum atomic E-state index is -0.395. The number of aryl methyl sites for hydroxylation is 1. The SMILES string of the molecule is COc1cccc(CC2=NN(c3cccc(C)c3)C(=O)C2=N)c1. The summed E-state index contributed by atoms with van der Waals surface area (Å²) in [7, 11) is 1.61. The highest BCUT2D eigenvalue weighted by Gasteiger charge is 2.31. The van der Waals surface area contributed by atoms with Crippen LogP contribution in [0, 0.1) is 12.3 Å². The zero-order chi connectivity index (χ0) is 16.4. The summed E-state index contributed by atoms with van der Waals surface area (Å²) in [6.07, 6.45) is 0.421. The molecule has 0 aromatic heterocycles. The van der Waals surface area contributed by atoms with Crippen molar-refractivity contribution in [3.8, 4) is 5.75 Å². The van der Waals surface area contributed by atoms with E-state index in [9.17, 15) is 4.79 Å². The molecular formula is C18H17N3O2. The lowest BCUT2D eigenvalue weighted by Crippen LogP contribution is -2.27. The topological polar surface area (TPSA) is 65.8 Å². The zero-order valence-corrected chi connectivity index (χ0v) is 13.0. The van der Waals surface area contributed by atoms with Crippen molar-refractivity contribution >= 4 is 23.0 Å². The number of nitrogens with zero attached hydrogens (tertiary/aromatic N) is 2. The summed E-state index contributed by atoms with van der Waals surface area (Å²) in [4.78, 5) is 12.3. The molecule has 0 unspecified atom stereocenters. The van der Waals surface area contributed by atoms with Gasteiger partial charge in [0.2, 0.25) is 0 Å². The summed E-state index contributed by atoms with van der Waals surface area (Å²) in [5, 5.41) is 13.7. The molecule has 1 aliphatic heterocycles. The Labute approximate surface area is 134 Å². The molecule has 1 N–H and O–H groups in total. The van der Waals surface area contributed by atoms with E-state index < -0.39 is 5.91 Å². The van der Waals surface area contributed by atoms with Crippen molar-refractivity contribution in [1.82, 2.24) is 0 Å². The van der Waals surface area contributed by atoms with Crippen molar-refractivity contribution < 1.29 is 9.53 Å². The van der Waals surface area contributed by atoms with Gasteiger partial charge in [-0.1, -0.05) is 24.3 Å². The molecule has 0 spiro atoms. The molecule has 5 heteroatoms. The number of hydrogen-bond acceptors (Lipinski definition) is 4. The third-order valence-electron chi connectivity index (χ3n) is 3.67. The molecule has 23 heavy (non-hydrogen) atoms. The lowest BCUT2D eigenvalue weighted by atomic mass is 10.1. The number of anilines is 1. The second-order valence-electron chi connectivity index (χ2n) is 5.41. The van der Waals surface area contributed by atoms with Crippen LogP contribution in [0.5, 0.6) is 5.75 Å². The molecule has 2 aromatic rings. The van der Waals surface area contributed by atoms with Crippen molar-refractivity contribution in [3.63, 3.8) is 0 Å². The molecule has 0 atom stereocenters. The van der Waals surface area contributed by atoms with Gasteiger partial charge in [-0.15, -0.1) is 0 Å². The lowest BCUT2D eigenvalue weighted by molar-refractivity contribution is -0.112. The maximum Gasteiger partial charge on any atom is 0.298 e. The van der Waals surface area contributed by atoms with E-state index >= 15 is 0 Å². The van der Waals surface area contributed by atoms with E-state index in [1.807, 2.05) is 55.5 Å². The summed E-state index contributed by atoms with van der Waals surface area (Å²) in [5.41, 5.74) is 3.07. The highest BCUT2D eigenvalue weighted by atomic mass is 16.5. The number of hydrogen-bond donors (Lipinski definition) is 1. The minimum Gasteiger partial charge on any atom is -0.497 e. The molecule has 116 valence electrons. The third kappa shape index (κ3) is 2.99. The molecule has 0 saturated carbocycles. The number of ether oxygens (including phenoxy) is 1. The zero-order valence-electron chi connectivity index (χ0n) is 13.0. The van der Waals surface area contributed by atoms with Gasteiger partial charge in [0.25, 0.3) is 5.91 Å². The number of rotatable bonds is 4. The van der Waals surface area contributed by atoms with Crippen LogP contribution in [0.1, 0.15) is 11.1 Å². The summed E-state index contributed by atoms with van der Waals surface area (Å²) >= 11 is 0. The second kappa shape index (κ2) is 6.04. The first kappa shape index (κ1) is 15.0. The van der Waals surface area contributed by atoms with Crippen molar-refractivity contribution in [2.75, 3.05) is 12.1 Å². The molecule has 0 fully saturated rings. The monoisotopic (exact) mass is 307 g/mol. The van der Waals surface area contributed by atoms with Gasteiger partial charge >= 0.3 is 0 Å². The smallest absolute Gasteiger partial charge is 0.298 e. The average Bonchev–Trinajstić information content (AvgIpc) is 2.83. The van der Waals surface area contributed by atoms with Crippen LogP contribution in [-0.2, 0) is 11.2 Å². The molecule has 1 aliphatic rings. The van der Waals surface area contributed by atoms with Crippen LogP contribution >= 0.6 is 0 Å². The van der Waals surface area contributed by atoms with Crippen molar-refractivity contribution in [3.05, 3.63) is 59.7 Å². The highest BCUT2D eigenvalue weighted by Crippen LogP contribution is 2.22. The molecule has 5 nitrogen and oxygen atoms in total.